The van der Waals surface area contributed by atoms with Gasteiger partial charge in [-0.25, -0.2) is 8.42 Å². The fraction of sp³-hybridized carbons (Fsp3) is 0.462. The van der Waals surface area contributed by atoms with Gasteiger partial charge in [0.2, 0.25) is 15.9 Å². The summed E-state index contributed by atoms with van der Waals surface area (Å²) in [4.78, 5) is 11.8. The number of hydrogen-bond donors (Lipinski definition) is 1. The summed E-state index contributed by atoms with van der Waals surface area (Å²) in [5, 5.41) is 2.69. The number of carbonyl (C=O) groups is 1. The molecule has 0 heterocycles. The van der Waals surface area contributed by atoms with E-state index in [1.54, 1.807) is 0 Å². The van der Waals surface area contributed by atoms with Crippen LogP contribution < -0.4 is 5.32 Å². The number of methoxy groups -OCH3 is 1. The molecule has 0 aliphatic rings. The number of benzene rings is 1. The Morgan fingerprint density at radius 2 is 1.95 bits per heavy atom. The van der Waals surface area contributed by atoms with Crippen molar-refractivity contribution in [2.75, 3.05) is 33.1 Å². The Kier molecular flexibility index (Phi) is 6.63. The quantitative estimate of drug-likeness (QED) is 0.745. The van der Waals surface area contributed by atoms with Crippen LogP contribution in [0.5, 0.6) is 0 Å². The van der Waals surface area contributed by atoms with E-state index in [2.05, 4.69) is 5.32 Å². The van der Waals surface area contributed by atoms with Crippen LogP contribution in [0.15, 0.2) is 30.3 Å². The molecule has 0 aliphatic heterocycles. The highest BCUT2D eigenvalue weighted by atomic mass is 32.2. The summed E-state index contributed by atoms with van der Waals surface area (Å²) >= 11 is 0. The standard InChI is InChI=1S/C13H20N2O4S/c1-19-9-8-15(20(2,17)18)11-13(16)14-10-12-6-4-3-5-7-12/h3-7H,8-11H2,1-2H3,(H,14,16). The maximum absolute atomic E-state index is 11.8. The lowest BCUT2D eigenvalue weighted by Gasteiger charge is -2.18. The van der Waals surface area contributed by atoms with Crippen molar-refractivity contribution in [2.24, 2.45) is 0 Å². The van der Waals surface area contributed by atoms with Crippen LogP contribution in [0, 0.1) is 0 Å². The third-order valence-corrected chi connectivity index (χ3v) is 3.92. The van der Waals surface area contributed by atoms with E-state index in [-0.39, 0.29) is 25.6 Å². The number of ether oxygens (including phenoxy) is 1. The molecule has 0 spiro atoms. The van der Waals surface area contributed by atoms with E-state index in [1.807, 2.05) is 30.3 Å². The molecular weight excluding hydrogens is 280 g/mol. The Morgan fingerprint density at radius 1 is 1.30 bits per heavy atom. The van der Waals surface area contributed by atoms with Gasteiger partial charge in [0, 0.05) is 20.2 Å². The van der Waals surface area contributed by atoms with Crippen LogP contribution in [0.2, 0.25) is 0 Å². The SMILES string of the molecule is COCCN(CC(=O)NCc1ccccc1)S(C)(=O)=O. The summed E-state index contributed by atoms with van der Waals surface area (Å²) in [6.45, 7) is 0.587. The van der Waals surface area contributed by atoms with E-state index >= 15 is 0 Å². The predicted octanol–water partition coefficient (Wildman–Crippen LogP) is 0.211. The normalized spacial score (nSPS) is 11.6. The Balaban J connectivity index is 2.50. The number of amides is 1. The van der Waals surface area contributed by atoms with Crippen molar-refractivity contribution in [3.63, 3.8) is 0 Å². The number of hydrogen-bond acceptors (Lipinski definition) is 4. The van der Waals surface area contributed by atoms with Crippen molar-refractivity contribution < 1.29 is 17.9 Å². The van der Waals surface area contributed by atoms with Gasteiger partial charge in [0.25, 0.3) is 0 Å². The molecule has 0 atom stereocenters. The minimum Gasteiger partial charge on any atom is -0.383 e. The summed E-state index contributed by atoms with van der Waals surface area (Å²) in [5.41, 5.74) is 0.962. The van der Waals surface area contributed by atoms with Gasteiger partial charge in [-0.05, 0) is 5.56 Å². The molecule has 1 rings (SSSR count). The second kappa shape index (κ2) is 7.98. The summed E-state index contributed by atoms with van der Waals surface area (Å²) in [6.07, 6.45) is 1.08. The molecule has 0 saturated heterocycles. The van der Waals surface area contributed by atoms with Crippen molar-refractivity contribution in [3.8, 4) is 0 Å². The van der Waals surface area contributed by atoms with Gasteiger partial charge in [-0.1, -0.05) is 30.3 Å². The lowest BCUT2D eigenvalue weighted by atomic mass is 10.2. The van der Waals surface area contributed by atoms with Crippen LogP contribution in [0.25, 0.3) is 0 Å². The van der Waals surface area contributed by atoms with Crippen molar-refractivity contribution in [2.45, 2.75) is 6.54 Å². The van der Waals surface area contributed by atoms with Crippen LogP contribution >= 0.6 is 0 Å². The monoisotopic (exact) mass is 300 g/mol. The second-order valence-electron chi connectivity index (χ2n) is 4.35. The smallest absolute Gasteiger partial charge is 0.235 e. The van der Waals surface area contributed by atoms with Crippen LogP contribution in [-0.4, -0.2) is 51.7 Å². The van der Waals surface area contributed by atoms with Gasteiger partial charge >= 0.3 is 0 Å². The number of rotatable bonds is 8. The highest BCUT2D eigenvalue weighted by Crippen LogP contribution is 1.99. The zero-order valence-corrected chi connectivity index (χ0v) is 12.5. The van der Waals surface area contributed by atoms with Gasteiger partial charge in [-0.3, -0.25) is 4.79 Å². The number of carbonyl (C=O) groups excluding carboxylic acids is 1. The summed E-state index contributed by atoms with van der Waals surface area (Å²) in [6, 6.07) is 9.42. The van der Waals surface area contributed by atoms with E-state index in [4.69, 9.17) is 4.74 Å². The molecule has 0 fully saturated rings. The fourth-order valence-corrected chi connectivity index (χ4v) is 2.33. The van der Waals surface area contributed by atoms with Crippen molar-refractivity contribution in [3.05, 3.63) is 35.9 Å². The van der Waals surface area contributed by atoms with Gasteiger partial charge in [0.1, 0.15) is 0 Å². The van der Waals surface area contributed by atoms with Gasteiger partial charge < -0.3 is 10.1 Å². The van der Waals surface area contributed by atoms with Crippen LogP contribution in [0.4, 0.5) is 0 Å². The molecule has 20 heavy (non-hydrogen) atoms. The molecule has 0 saturated carbocycles. The number of nitrogens with one attached hydrogen (secondary N) is 1. The Labute approximate surface area is 119 Å². The largest absolute Gasteiger partial charge is 0.383 e. The lowest BCUT2D eigenvalue weighted by Crippen LogP contribution is -2.41. The molecule has 0 bridgehead atoms. The Hall–Kier alpha value is -1.44. The molecule has 6 nitrogen and oxygen atoms in total. The molecule has 1 aromatic rings. The topological polar surface area (TPSA) is 75.7 Å². The molecule has 0 aliphatic carbocycles. The van der Waals surface area contributed by atoms with E-state index in [0.29, 0.717) is 6.54 Å². The average Bonchev–Trinajstić information content (AvgIpc) is 2.41. The van der Waals surface area contributed by atoms with Gasteiger partial charge in [-0.15, -0.1) is 0 Å². The maximum atomic E-state index is 11.8. The molecule has 0 unspecified atom stereocenters. The van der Waals surface area contributed by atoms with Crippen molar-refractivity contribution >= 4 is 15.9 Å². The van der Waals surface area contributed by atoms with Gasteiger partial charge in [0.15, 0.2) is 0 Å². The molecule has 1 aromatic carbocycles. The van der Waals surface area contributed by atoms with Crippen molar-refractivity contribution in [1.29, 1.82) is 0 Å². The molecule has 0 aromatic heterocycles. The molecular formula is C13H20N2O4S. The zero-order valence-electron chi connectivity index (χ0n) is 11.7. The van der Waals surface area contributed by atoms with Crippen LogP contribution in [0.3, 0.4) is 0 Å². The number of nitrogens with zero attached hydrogens (tertiary/aromatic N) is 1. The molecule has 7 heteroatoms. The maximum Gasteiger partial charge on any atom is 0.235 e. The van der Waals surface area contributed by atoms with E-state index in [0.717, 1.165) is 16.1 Å². The lowest BCUT2D eigenvalue weighted by molar-refractivity contribution is -0.121. The summed E-state index contributed by atoms with van der Waals surface area (Å²) in [7, 11) is -1.94. The van der Waals surface area contributed by atoms with Gasteiger partial charge in [0.05, 0.1) is 19.4 Å². The second-order valence-corrected chi connectivity index (χ2v) is 6.33. The fourth-order valence-electron chi connectivity index (χ4n) is 1.57. The highest BCUT2D eigenvalue weighted by molar-refractivity contribution is 7.88. The van der Waals surface area contributed by atoms with Crippen LogP contribution in [-0.2, 0) is 26.1 Å². The first kappa shape index (κ1) is 16.6. The Morgan fingerprint density at radius 3 is 2.50 bits per heavy atom. The average molecular weight is 300 g/mol. The van der Waals surface area contributed by atoms with E-state index in [1.165, 1.54) is 7.11 Å². The Bertz CT molecular complexity index is 516. The van der Waals surface area contributed by atoms with Crippen LogP contribution in [0.1, 0.15) is 5.56 Å². The molecule has 1 N–H and O–H groups in total. The minimum atomic E-state index is -3.42. The summed E-state index contributed by atoms with van der Waals surface area (Å²) < 4.78 is 29.0. The molecule has 0 radical (unpaired) electrons. The zero-order chi connectivity index (χ0) is 15.0. The highest BCUT2D eigenvalue weighted by Gasteiger charge is 2.19. The third kappa shape index (κ3) is 6.14. The first-order chi connectivity index (χ1) is 9.43. The van der Waals surface area contributed by atoms with Crippen molar-refractivity contribution in [1.82, 2.24) is 9.62 Å². The minimum absolute atomic E-state index is 0.161. The third-order valence-electron chi connectivity index (χ3n) is 2.67. The first-order valence-corrected chi connectivity index (χ1v) is 8.03. The first-order valence-electron chi connectivity index (χ1n) is 6.18. The molecule has 1 amide bonds. The predicted molar refractivity (Wildman–Crippen MR) is 76.6 cm³/mol. The van der Waals surface area contributed by atoms with Gasteiger partial charge in [-0.2, -0.15) is 4.31 Å². The summed E-state index contributed by atoms with van der Waals surface area (Å²) in [5.74, 6) is -0.338. The molecule has 112 valence electrons. The van der Waals surface area contributed by atoms with E-state index < -0.39 is 10.0 Å². The number of sulfonamides is 1. The van der Waals surface area contributed by atoms with E-state index in [9.17, 15) is 13.2 Å².